The number of nitrogens with zero attached hydrogens (tertiary/aromatic N) is 3. The van der Waals surface area contributed by atoms with Crippen LogP contribution in [0.3, 0.4) is 0 Å². The van der Waals surface area contributed by atoms with Gasteiger partial charge in [0.15, 0.2) is 0 Å². The lowest BCUT2D eigenvalue weighted by Crippen LogP contribution is -2.41. The smallest absolute Gasteiger partial charge is 0.256 e. The van der Waals surface area contributed by atoms with Crippen LogP contribution in [0.2, 0.25) is 5.15 Å². The van der Waals surface area contributed by atoms with E-state index in [1.807, 2.05) is 0 Å². The van der Waals surface area contributed by atoms with Gasteiger partial charge < -0.3 is 10.1 Å². The lowest BCUT2D eigenvalue weighted by atomic mass is 10.2. The zero-order chi connectivity index (χ0) is 19.6. The molecular formula is C17H21ClN4O4S. The van der Waals surface area contributed by atoms with E-state index in [9.17, 15) is 13.2 Å². The number of sulfonamides is 1. The molecule has 10 heteroatoms. The van der Waals surface area contributed by atoms with Crippen LogP contribution in [0.4, 0.5) is 0 Å². The summed E-state index contributed by atoms with van der Waals surface area (Å²) in [5, 5.41) is 7.09. The Morgan fingerprint density at radius 3 is 2.59 bits per heavy atom. The highest BCUT2D eigenvalue weighted by molar-refractivity contribution is 7.89. The quantitative estimate of drug-likeness (QED) is 0.799. The van der Waals surface area contributed by atoms with Crippen LogP contribution in [0, 0.1) is 6.92 Å². The Balaban J connectivity index is 1.81. The molecule has 2 heterocycles. The van der Waals surface area contributed by atoms with E-state index in [0.29, 0.717) is 37.6 Å². The number of rotatable bonds is 5. The molecule has 146 valence electrons. The highest BCUT2D eigenvalue weighted by Gasteiger charge is 2.28. The van der Waals surface area contributed by atoms with Crippen molar-refractivity contribution >= 4 is 27.5 Å². The van der Waals surface area contributed by atoms with Gasteiger partial charge in [0.2, 0.25) is 10.0 Å². The number of benzene rings is 1. The molecule has 1 N–H and O–H groups in total. The maximum atomic E-state index is 13.0. The molecule has 0 aliphatic carbocycles. The van der Waals surface area contributed by atoms with E-state index < -0.39 is 15.9 Å². The van der Waals surface area contributed by atoms with Crippen molar-refractivity contribution in [1.29, 1.82) is 0 Å². The summed E-state index contributed by atoms with van der Waals surface area (Å²) in [6, 6.07) is 6.64. The van der Waals surface area contributed by atoms with E-state index in [0.717, 1.165) is 0 Å². The van der Waals surface area contributed by atoms with Crippen molar-refractivity contribution in [2.45, 2.75) is 18.4 Å². The summed E-state index contributed by atoms with van der Waals surface area (Å²) in [5.41, 5.74) is 1.30. The maximum Gasteiger partial charge on any atom is 0.256 e. The summed E-state index contributed by atoms with van der Waals surface area (Å²) in [5.74, 6) is -0.399. The molecule has 0 unspecified atom stereocenters. The van der Waals surface area contributed by atoms with Crippen LogP contribution in [0.5, 0.6) is 0 Å². The van der Waals surface area contributed by atoms with E-state index >= 15 is 0 Å². The number of halogens is 1. The molecule has 1 aliphatic rings. The molecule has 1 aromatic carbocycles. The number of morpholine rings is 1. The number of aryl methyl sites for hydroxylation is 2. The third-order valence-corrected chi connectivity index (χ3v) is 6.81. The first-order valence-electron chi connectivity index (χ1n) is 8.45. The standard InChI is InChI=1S/C17H21ClN4O4S/c1-12-15(16(18)21(2)20-12)17(23)19-11-13-5-3-4-6-14(13)27(24,25)22-7-9-26-10-8-22/h3-6H,7-11H2,1-2H3,(H,19,23). The number of carbonyl (C=O) groups is 1. The van der Waals surface area contributed by atoms with Gasteiger partial charge in [-0.1, -0.05) is 29.8 Å². The summed E-state index contributed by atoms with van der Waals surface area (Å²) in [7, 11) is -2.01. The average molecular weight is 413 g/mol. The first-order valence-corrected chi connectivity index (χ1v) is 10.3. The largest absolute Gasteiger partial charge is 0.379 e. The van der Waals surface area contributed by atoms with E-state index in [4.69, 9.17) is 16.3 Å². The van der Waals surface area contributed by atoms with Gasteiger partial charge in [-0.3, -0.25) is 9.48 Å². The van der Waals surface area contributed by atoms with Gasteiger partial charge in [0.25, 0.3) is 5.91 Å². The molecule has 8 nitrogen and oxygen atoms in total. The zero-order valence-corrected chi connectivity index (χ0v) is 16.7. The summed E-state index contributed by atoms with van der Waals surface area (Å²) in [6.07, 6.45) is 0. The molecule has 0 saturated carbocycles. The number of ether oxygens (including phenoxy) is 1. The van der Waals surface area contributed by atoms with Crippen molar-refractivity contribution < 1.29 is 17.9 Å². The third kappa shape index (κ3) is 4.01. The lowest BCUT2D eigenvalue weighted by molar-refractivity contribution is 0.0730. The molecule has 0 radical (unpaired) electrons. The molecule has 0 bridgehead atoms. The fourth-order valence-corrected chi connectivity index (χ4v) is 4.87. The van der Waals surface area contributed by atoms with Crippen LogP contribution in [0.15, 0.2) is 29.2 Å². The first kappa shape index (κ1) is 19.8. The molecule has 1 amide bonds. The first-order chi connectivity index (χ1) is 12.8. The molecular weight excluding hydrogens is 392 g/mol. The monoisotopic (exact) mass is 412 g/mol. The van der Waals surface area contributed by atoms with Crippen LogP contribution in [0.1, 0.15) is 21.6 Å². The number of aromatic nitrogens is 2. The Kier molecular flexibility index (Phi) is 5.85. The van der Waals surface area contributed by atoms with Gasteiger partial charge >= 0.3 is 0 Å². The number of amides is 1. The Labute approximate surface area is 163 Å². The van der Waals surface area contributed by atoms with Gasteiger partial charge in [0, 0.05) is 26.7 Å². The highest BCUT2D eigenvalue weighted by atomic mass is 35.5. The SMILES string of the molecule is Cc1nn(C)c(Cl)c1C(=O)NCc1ccccc1S(=O)(=O)N1CCOCC1. The number of hydrogen-bond acceptors (Lipinski definition) is 5. The van der Waals surface area contributed by atoms with E-state index in [2.05, 4.69) is 10.4 Å². The Morgan fingerprint density at radius 1 is 1.30 bits per heavy atom. The van der Waals surface area contributed by atoms with Crippen molar-refractivity contribution in [3.63, 3.8) is 0 Å². The van der Waals surface area contributed by atoms with Crippen LogP contribution >= 0.6 is 11.6 Å². The van der Waals surface area contributed by atoms with E-state index in [-0.39, 0.29) is 22.2 Å². The zero-order valence-electron chi connectivity index (χ0n) is 15.1. The Morgan fingerprint density at radius 2 is 1.96 bits per heavy atom. The van der Waals surface area contributed by atoms with Crippen LogP contribution in [0.25, 0.3) is 0 Å². The number of nitrogens with one attached hydrogen (secondary N) is 1. The lowest BCUT2D eigenvalue weighted by Gasteiger charge is -2.27. The van der Waals surface area contributed by atoms with Crippen molar-refractivity contribution in [3.05, 3.63) is 46.2 Å². The minimum atomic E-state index is -3.66. The number of hydrogen-bond donors (Lipinski definition) is 1. The van der Waals surface area contributed by atoms with Crippen LogP contribution in [-0.2, 0) is 28.4 Å². The molecule has 1 aromatic heterocycles. The van der Waals surface area contributed by atoms with Gasteiger partial charge in [-0.2, -0.15) is 9.40 Å². The van der Waals surface area contributed by atoms with Gasteiger partial charge in [0.1, 0.15) is 5.15 Å². The summed E-state index contributed by atoms with van der Waals surface area (Å²) in [4.78, 5) is 12.7. The summed E-state index contributed by atoms with van der Waals surface area (Å²) < 4.78 is 34.0. The minimum Gasteiger partial charge on any atom is -0.379 e. The topological polar surface area (TPSA) is 93.5 Å². The fraction of sp³-hybridized carbons (Fsp3) is 0.412. The molecule has 1 saturated heterocycles. The normalized spacial score (nSPS) is 15.7. The second-order valence-corrected chi connectivity index (χ2v) is 8.45. The van der Waals surface area contributed by atoms with Crippen molar-refractivity contribution in [1.82, 2.24) is 19.4 Å². The third-order valence-electron chi connectivity index (χ3n) is 4.38. The van der Waals surface area contributed by atoms with Crippen molar-refractivity contribution in [2.24, 2.45) is 7.05 Å². The Bertz CT molecular complexity index is 952. The second-order valence-electron chi connectivity index (χ2n) is 6.18. The molecule has 1 fully saturated rings. The number of carbonyl (C=O) groups excluding carboxylic acids is 1. The maximum absolute atomic E-state index is 13.0. The predicted octanol–water partition coefficient (Wildman–Crippen LogP) is 1.33. The molecule has 2 aromatic rings. The fourth-order valence-electron chi connectivity index (χ4n) is 2.98. The van der Waals surface area contributed by atoms with Gasteiger partial charge in [0.05, 0.1) is 29.4 Å². The average Bonchev–Trinajstić information content (AvgIpc) is 2.92. The van der Waals surface area contributed by atoms with Crippen LogP contribution < -0.4 is 5.32 Å². The molecule has 0 spiro atoms. The minimum absolute atomic E-state index is 0.0588. The second kappa shape index (κ2) is 7.97. The Hall–Kier alpha value is -1.94. The van der Waals surface area contributed by atoms with E-state index in [1.165, 1.54) is 8.99 Å². The molecule has 27 heavy (non-hydrogen) atoms. The summed E-state index contributed by atoms with van der Waals surface area (Å²) >= 11 is 6.12. The summed E-state index contributed by atoms with van der Waals surface area (Å²) in [6.45, 7) is 3.12. The molecule has 3 rings (SSSR count). The van der Waals surface area contributed by atoms with Crippen LogP contribution in [-0.4, -0.2) is 54.7 Å². The van der Waals surface area contributed by atoms with Gasteiger partial charge in [-0.25, -0.2) is 8.42 Å². The molecule has 0 atom stereocenters. The van der Waals surface area contributed by atoms with Crippen molar-refractivity contribution in [3.8, 4) is 0 Å². The van der Waals surface area contributed by atoms with Gasteiger partial charge in [-0.15, -0.1) is 0 Å². The van der Waals surface area contributed by atoms with Gasteiger partial charge in [-0.05, 0) is 18.6 Å². The van der Waals surface area contributed by atoms with Crippen molar-refractivity contribution in [2.75, 3.05) is 26.3 Å². The predicted molar refractivity (Wildman–Crippen MR) is 100 cm³/mol. The molecule has 1 aliphatic heterocycles. The highest BCUT2D eigenvalue weighted by Crippen LogP contribution is 2.22. The van der Waals surface area contributed by atoms with E-state index in [1.54, 1.807) is 38.2 Å².